The summed E-state index contributed by atoms with van der Waals surface area (Å²) in [6, 6.07) is 7.07. The molecule has 0 bridgehead atoms. The minimum absolute atomic E-state index is 0.155. The van der Waals surface area contributed by atoms with Crippen molar-refractivity contribution in [1.82, 2.24) is 4.57 Å². The van der Waals surface area contributed by atoms with Gasteiger partial charge in [-0.25, -0.2) is 0 Å². The Morgan fingerprint density at radius 2 is 2.00 bits per heavy atom. The lowest BCUT2D eigenvalue weighted by molar-refractivity contribution is 0.102. The van der Waals surface area contributed by atoms with Crippen LogP contribution in [-0.4, -0.2) is 10.5 Å². The van der Waals surface area contributed by atoms with Crippen molar-refractivity contribution in [2.45, 2.75) is 6.54 Å². The van der Waals surface area contributed by atoms with Crippen LogP contribution in [0.3, 0.4) is 0 Å². The van der Waals surface area contributed by atoms with Gasteiger partial charge in [-0.05, 0) is 29.8 Å². The number of carbonyl (C=O) groups is 1. The third kappa shape index (κ3) is 1.81. The average molecular weight is 267 g/mol. The van der Waals surface area contributed by atoms with Gasteiger partial charge in [-0.1, -0.05) is 23.2 Å². The predicted octanol–water partition coefficient (Wildman–Crippen LogP) is 3.41. The lowest BCUT2D eigenvalue weighted by atomic mass is 10.2. The van der Waals surface area contributed by atoms with E-state index in [4.69, 9.17) is 23.2 Å². The largest absolute Gasteiger partial charge is 0.337 e. The second-order valence-corrected chi connectivity index (χ2v) is 4.80. The number of nitrogens with one attached hydrogen (secondary N) is 1. The number of nitrogens with zero attached hydrogens (tertiary/aromatic N) is 1. The second-order valence-electron chi connectivity index (χ2n) is 3.93. The highest BCUT2D eigenvalue weighted by Gasteiger charge is 2.19. The minimum atomic E-state index is -0.155. The van der Waals surface area contributed by atoms with E-state index in [9.17, 15) is 4.79 Å². The second kappa shape index (κ2) is 3.79. The van der Waals surface area contributed by atoms with Crippen molar-refractivity contribution in [3.05, 3.63) is 51.8 Å². The summed E-state index contributed by atoms with van der Waals surface area (Å²) in [7, 11) is 0. The summed E-state index contributed by atoms with van der Waals surface area (Å²) in [5.74, 6) is -0.155. The summed E-state index contributed by atoms with van der Waals surface area (Å²) >= 11 is 11.9. The van der Waals surface area contributed by atoms with E-state index >= 15 is 0 Å². The molecule has 5 heteroatoms. The van der Waals surface area contributed by atoms with Crippen molar-refractivity contribution in [3.63, 3.8) is 0 Å². The van der Waals surface area contributed by atoms with Crippen molar-refractivity contribution < 1.29 is 4.79 Å². The molecular formula is C12H8Cl2N2O. The SMILES string of the molecule is O=C1Nc2ccc(Cl)cc2Cn2cc(Cl)cc21. The summed E-state index contributed by atoms with van der Waals surface area (Å²) < 4.78 is 1.82. The fourth-order valence-electron chi connectivity index (χ4n) is 1.98. The smallest absolute Gasteiger partial charge is 0.272 e. The molecule has 0 aliphatic carbocycles. The Balaban J connectivity index is 2.16. The van der Waals surface area contributed by atoms with Crippen LogP contribution in [0.15, 0.2) is 30.5 Å². The summed E-state index contributed by atoms with van der Waals surface area (Å²) in [6.45, 7) is 0.580. The molecule has 0 saturated carbocycles. The lowest BCUT2D eigenvalue weighted by Gasteiger charge is -2.06. The van der Waals surface area contributed by atoms with Crippen molar-refractivity contribution in [2.75, 3.05) is 5.32 Å². The molecule has 1 aliphatic rings. The van der Waals surface area contributed by atoms with Gasteiger partial charge in [0.15, 0.2) is 0 Å². The Morgan fingerprint density at radius 1 is 1.18 bits per heavy atom. The molecule has 1 N–H and O–H groups in total. The maximum Gasteiger partial charge on any atom is 0.272 e. The van der Waals surface area contributed by atoms with Gasteiger partial charge in [-0.15, -0.1) is 0 Å². The molecule has 2 heterocycles. The maximum absolute atomic E-state index is 11.9. The molecule has 0 spiro atoms. The standard InChI is InChI=1S/C12H8Cl2N2O/c13-8-1-2-10-7(3-8)5-16-6-9(14)4-11(16)12(17)15-10/h1-4,6H,5H2,(H,15,17). The highest BCUT2D eigenvalue weighted by molar-refractivity contribution is 6.31. The van der Waals surface area contributed by atoms with E-state index in [1.54, 1.807) is 18.3 Å². The van der Waals surface area contributed by atoms with Crippen molar-refractivity contribution in [1.29, 1.82) is 0 Å². The zero-order chi connectivity index (χ0) is 12.0. The number of amides is 1. The molecule has 1 amide bonds. The number of benzene rings is 1. The van der Waals surface area contributed by atoms with Gasteiger partial charge in [0.2, 0.25) is 0 Å². The summed E-state index contributed by atoms with van der Waals surface area (Å²) in [5.41, 5.74) is 2.32. The van der Waals surface area contributed by atoms with Crippen LogP contribution in [0.25, 0.3) is 0 Å². The predicted molar refractivity (Wildman–Crippen MR) is 67.9 cm³/mol. The van der Waals surface area contributed by atoms with E-state index in [0.29, 0.717) is 22.3 Å². The van der Waals surface area contributed by atoms with E-state index in [0.717, 1.165) is 11.3 Å². The van der Waals surface area contributed by atoms with Crippen molar-refractivity contribution in [2.24, 2.45) is 0 Å². The summed E-state index contributed by atoms with van der Waals surface area (Å²) in [4.78, 5) is 11.9. The molecule has 0 fully saturated rings. The molecule has 17 heavy (non-hydrogen) atoms. The highest BCUT2D eigenvalue weighted by Crippen LogP contribution is 2.27. The molecule has 0 radical (unpaired) electrons. The number of aromatic nitrogens is 1. The number of rotatable bonds is 0. The van der Waals surface area contributed by atoms with E-state index in [-0.39, 0.29) is 5.91 Å². The van der Waals surface area contributed by atoms with Crippen molar-refractivity contribution >= 4 is 34.8 Å². The van der Waals surface area contributed by atoms with Crippen molar-refractivity contribution in [3.8, 4) is 0 Å². The number of carbonyl (C=O) groups excluding carboxylic acids is 1. The number of hydrogen-bond acceptors (Lipinski definition) is 1. The zero-order valence-electron chi connectivity index (χ0n) is 8.71. The fraction of sp³-hybridized carbons (Fsp3) is 0.0833. The van der Waals surface area contributed by atoms with Crippen LogP contribution < -0.4 is 5.32 Å². The van der Waals surface area contributed by atoms with Crippen LogP contribution in [0.4, 0.5) is 5.69 Å². The van der Waals surface area contributed by atoms with E-state index in [1.165, 1.54) is 0 Å². The molecular weight excluding hydrogens is 259 g/mol. The van der Waals surface area contributed by atoms with Gasteiger partial charge < -0.3 is 9.88 Å². The number of anilines is 1. The molecule has 3 rings (SSSR count). The number of halogens is 2. The van der Waals surface area contributed by atoms with Gasteiger partial charge in [0.25, 0.3) is 5.91 Å². The average Bonchev–Trinajstić information content (AvgIpc) is 2.58. The first-order valence-electron chi connectivity index (χ1n) is 5.09. The highest BCUT2D eigenvalue weighted by atomic mass is 35.5. The first-order chi connectivity index (χ1) is 8.13. The van der Waals surface area contributed by atoms with Crippen LogP contribution in [0.1, 0.15) is 16.1 Å². The Bertz CT molecular complexity index is 619. The van der Waals surface area contributed by atoms with Crippen LogP contribution in [0.5, 0.6) is 0 Å². The molecule has 3 nitrogen and oxygen atoms in total. The normalized spacial score (nSPS) is 13.6. The maximum atomic E-state index is 11.9. The molecule has 0 atom stereocenters. The molecule has 1 aromatic heterocycles. The van der Waals surface area contributed by atoms with Gasteiger partial charge >= 0.3 is 0 Å². The first-order valence-corrected chi connectivity index (χ1v) is 5.84. The molecule has 2 aromatic rings. The van der Waals surface area contributed by atoms with Gasteiger partial charge in [0.05, 0.1) is 5.02 Å². The molecule has 86 valence electrons. The molecule has 0 saturated heterocycles. The number of fused-ring (bicyclic) bond motifs is 2. The molecule has 0 unspecified atom stereocenters. The van der Waals surface area contributed by atoms with Crippen LogP contribution in [0.2, 0.25) is 10.0 Å². The quantitative estimate of drug-likeness (QED) is 0.779. The summed E-state index contributed by atoms with van der Waals surface area (Å²) in [5, 5.41) is 4.05. The first kappa shape index (κ1) is 10.7. The zero-order valence-corrected chi connectivity index (χ0v) is 10.2. The van der Waals surface area contributed by atoms with E-state index < -0.39 is 0 Å². The van der Waals surface area contributed by atoms with Crippen LogP contribution in [0, 0.1) is 0 Å². The van der Waals surface area contributed by atoms with Gasteiger partial charge in [-0.2, -0.15) is 0 Å². The summed E-state index contributed by atoms with van der Waals surface area (Å²) in [6.07, 6.45) is 1.74. The van der Waals surface area contributed by atoms with E-state index in [2.05, 4.69) is 5.32 Å². The van der Waals surface area contributed by atoms with Crippen LogP contribution in [-0.2, 0) is 6.54 Å². The Kier molecular flexibility index (Phi) is 2.38. The lowest BCUT2D eigenvalue weighted by Crippen LogP contribution is -2.12. The number of hydrogen-bond donors (Lipinski definition) is 1. The molecule has 1 aromatic carbocycles. The van der Waals surface area contributed by atoms with Crippen LogP contribution >= 0.6 is 23.2 Å². The topological polar surface area (TPSA) is 34.0 Å². The van der Waals surface area contributed by atoms with E-state index in [1.807, 2.05) is 16.7 Å². The monoisotopic (exact) mass is 266 g/mol. The fourth-order valence-corrected chi connectivity index (χ4v) is 2.40. The van der Waals surface area contributed by atoms with Gasteiger partial charge in [-0.3, -0.25) is 4.79 Å². The Labute approximate surface area is 108 Å². The van der Waals surface area contributed by atoms with Gasteiger partial charge in [0, 0.05) is 23.5 Å². The minimum Gasteiger partial charge on any atom is -0.337 e. The Morgan fingerprint density at radius 3 is 2.82 bits per heavy atom. The van der Waals surface area contributed by atoms with Gasteiger partial charge in [0.1, 0.15) is 5.69 Å². The third-order valence-electron chi connectivity index (χ3n) is 2.75. The molecule has 1 aliphatic heterocycles. The Hall–Kier alpha value is -1.45. The third-order valence-corrected chi connectivity index (χ3v) is 3.19.